The Labute approximate surface area is 159 Å². The van der Waals surface area contributed by atoms with E-state index < -0.39 is 5.91 Å². The highest BCUT2D eigenvalue weighted by atomic mass is 127. The number of rotatable bonds is 3. The van der Waals surface area contributed by atoms with Crippen LogP contribution in [0.15, 0.2) is 29.3 Å². The summed E-state index contributed by atoms with van der Waals surface area (Å²) >= 11 is 2.00. The third-order valence-corrected chi connectivity index (χ3v) is 4.90. The Kier molecular flexibility index (Phi) is 7.66. The second kappa shape index (κ2) is 8.77. The van der Waals surface area contributed by atoms with Crippen LogP contribution in [0.2, 0.25) is 0 Å². The van der Waals surface area contributed by atoms with Crippen LogP contribution in [-0.2, 0) is 6.54 Å². The highest BCUT2D eigenvalue weighted by Gasteiger charge is 2.28. The summed E-state index contributed by atoms with van der Waals surface area (Å²) in [7, 11) is 1.80. The minimum atomic E-state index is -0.402. The minimum absolute atomic E-state index is 0. The minimum Gasteiger partial charge on any atom is -0.366 e. The SMILES string of the molecule is CN=C(NCc1cccc(C(N)=O)c1)N1CCSC(C)(C)C1.I. The Morgan fingerprint density at radius 3 is 2.83 bits per heavy atom. The van der Waals surface area contributed by atoms with E-state index in [0.717, 1.165) is 30.4 Å². The molecule has 2 rings (SSSR count). The van der Waals surface area contributed by atoms with Gasteiger partial charge in [-0.3, -0.25) is 9.79 Å². The normalized spacial score (nSPS) is 17.3. The summed E-state index contributed by atoms with van der Waals surface area (Å²) in [5, 5.41) is 3.37. The average molecular weight is 448 g/mol. The zero-order valence-electron chi connectivity index (χ0n) is 13.8. The summed E-state index contributed by atoms with van der Waals surface area (Å²) in [5.74, 6) is 1.60. The lowest BCUT2D eigenvalue weighted by Gasteiger charge is -2.39. The molecule has 3 N–H and O–H groups in total. The fourth-order valence-electron chi connectivity index (χ4n) is 2.55. The molecule has 0 aromatic heterocycles. The van der Waals surface area contributed by atoms with E-state index in [2.05, 4.69) is 29.1 Å². The fraction of sp³-hybridized carbons (Fsp3) is 0.500. The summed E-state index contributed by atoms with van der Waals surface area (Å²) in [6, 6.07) is 7.37. The number of nitrogens with one attached hydrogen (secondary N) is 1. The number of thioether (sulfide) groups is 1. The van der Waals surface area contributed by atoms with Crippen molar-refractivity contribution in [3.63, 3.8) is 0 Å². The zero-order chi connectivity index (χ0) is 16.2. The third kappa shape index (κ3) is 5.87. The highest BCUT2D eigenvalue weighted by molar-refractivity contribution is 14.0. The van der Waals surface area contributed by atoms with Crippen molar-refractivity contribution in [2.75, 3.05) is 25.9 Å². The molecule has 1 amide bonds. The Hall–Kier alpha value is -0.960. The van der Waals surface area contributed by atoms with Gasteiger partial charge in [-0.15, -0.1) is 24.0 Å². The number of hydrogen-bond acceptors (Lipinski definition) is 3. The van der Waals surface area contributed by atoms with Crippen LogP contribution >= 0.6 is 35.7 Å². The molecule has 0 aliphatic carbocycles. The van der Waals surface area contributed by atoms with Crippen molar-refractivity contribution in [2.45, 2.75) is 25.1 Å². The monoisotopic (exact) mass is 448 g/mol. The molecule has 1 aliphatic rings. The molecule has 1 heterocycles. The van der Waals surface area contributed by atoms with E-state index in [0.29, 0.717) is 12.1 Å². The molecule has 1 aromatic carbocycles. The van der Waals surface area contributed by atoms with Crippen LogP contribution < -0.4 is 11.1 Å². The molecule has 1 aliphatic heterocycles. The van der Waals surface area contributed by atoms with E-state index in [1.165, 1.54) is 0 Å². The third-order valence-electron chi connectivity index (χ3n) is 3.60. The van der Waals surface area contributed by atoms with Crippen LogP contribution in [0.4, 0.5) is 0 Å². The van der Waals surface area contributed by atoms with Gasteiger partial charge in [-0.05, 0) is 31.5 Å². The lowest BCUT2D eigenvalue weighted by atomic mass is 10.1. The number of nitrogens with zero attached hydrogens (tertiary/aromatic N) is 2. The van der Waals surface area contributed by atoms with Crippen molar-refractivity contribution >= 4 is 47.6 Å². The molecule has 5 nitrogen and oxygen atoms in total. The van der Waals surface area contributed by atoms with Crippen molar-refractivity contribution in [1.29, 1.82) is 0 Å². The molecule has 0 bridgehead atoms. The standard InChI is InChI=1S/C16H24N4OS.HI/c1-16(2)11-20(7-8-22-16)15(18-3)19-10-12-5-4-6-13(9-12)14(17)21;/h4-6,9H,7-8,10-11H2,1-3H3,(H2,17,21)(H,18,19);1H. The lowest BCUT2D eigenvalue weighted by Crippen LogP contribution is -2.50. The zero-order valence-corrected chi connectivity index (χ0v) is 17.0. The number of guanidine groups is 1. The summed E-state index contributed by atoms with van der Waals surface area (Å²) in [4.78, 5) is 17.9. The van der Waals surface area contributed by atoms with Crippen LogP contribution in [0, 0.1) is 0 Å². The van der Waals surface area contributed by atoms with Gasteiger partial charge in [0.1, 0.15) is 0 Å². The second-order valence-electron chi connectivity index (χ2n) is 6.00. The van der Waals surface area contributed by atoms with Gasteiger partial charge in [-0.2, -0.15) is 11.8 Å². The van der Waals surface area contributed by atoms with Gasteiger partial charge in [-0.1, -0.05) is 12.1 Å². The maximum absolute atomic E-state index is 11.2. The van der Waals surface area contributed by atoms with E-state index in [4.69, 9.17) is 5.73 Å². The summed E-state index contributed by atoms with van der Waals surface area (Å²) < 4.78 is 0.238. The van der Waals surface area contributed by atoms with Gasteiger partial charge < -0.3 is 16.0 Å². The Morgan fingerprint density at radius 1 is 1.48 bits per heavy atom. The van der Waals surface area contributed by atoms with Crippen molar-refractivity contribution in [3.8, 4) is 0 Å². The summed E-state index contributed by atoms with van der Waals surface area (Å²) in [6.45, 7) is 7.10. The molecule has 1 saturated heterocycles. The summed E-state index contributed by atoms with van der Waals surface area (Å²) in [6.07, 6.45) is 0. The lowest BCUT2D eigenvalue weighted by molar-refractivity contribution is 0.1000. The number of aliphatic imine (C=N–C) groups is 1. The maximum atomic E-state index is 11.2. The average Bonchev–Trinajstić information content (AvgIpc) is 2.47. The smallest absolute Gasteiger partial charge is 0.248 e. The molecule has 1 aromatic rings. The van der Waals surface area contributed by atoms with E-state index >= 15 is 0 Å². The number of benzene rings is 1. The quantitative estimate of drug-likeness (QED) is 0.423. The first-order valence-electron chi connectivity index (χ1n) is 7.39. The van der Waals surface area contributed by atoms with Gasteiger partial charge in [-0.25, -0.2) is 0 Å². The van der Waals surface area contributed by atoms with Crippen molar-refractivity contribution in [3.05, 3.63) is 35.4 Å². The first kappa shape index (κ1) is 20.1. The molecule has 1 fully saturated rings. The molecule has 0 radical (unpaired) electrons. The van der Waals surface area contributed by atoms with Gasteiger partial charge in [0.05, 0.1) is 0 Å². The first-order valence-corrected chi connectivity index (χ1v) is 8.38. The number of hydrogen-bond donors (Lipinski definition) is 2. The number of primary amides is 1. The molecule has 23 heavy (non-hydrogen) atoms. The van der Waals surface area contributed by atoms with E-state index in [-0.39, 0.29) is 28.7 Å². The van der Waals surface area contributed by atoms with E-state index in [1.807, 2.05) is 30.0 Å². The fourth-order valence-corrected chi connectivity index (χ4v) is 3.66. The van der Waals surface area contributed by atoms with Crippen LogP contribution in [0.25, 0.3) is 0 Å². The van der Waals surface area contributed by atoms with Crippen LogP contribution in [0.1, 0.15) is 29.8 Å². The predicted molar refractivity (Wildman–Crippen MR) is 109 cm³/mol. The van der Waals surface area contributed by atoms with E-state index in [9.17, 15) is 4.79 Å². The van der Waals surface area contributed by atoms with Crippen molar-refractivity contribution in [1.82, 2.24) is 10.2 Å². The van der Waals surface area contributed by atoms with E-state index in [1.54, 1.807) is 13.1 Å². The Bertz CT molecular complexity index is 577. The molecule has 128 valence electrons. The van der Waals surface area contributed by atoms with Crippen LogP contribution in [0.3, 0.4) is 0 Å². The molecule has 0 saturated carbocycles. The number of nitrogens with two attached hydrogens (primary N) is 1. The number of amides is 1. The highest BCUT2D eigenvalue weighted by Crippen LogP contribution is 2.29. The van der Waals surface area contributed by atoms with Crippen LogP contribution in [-0.4, -0.2) is 47.4 Å². The largest absolute Gasteiger partial charge is 0.366 e. The summed E-state index contributed by atoms with van der Waals surface area (Å²) in [5.41, 5.74) is 6.87. The Balaban J connectivity index is 0.00000264. The number of carbonyl (C=O) groups is 1. The molecule has 7 heteroatoms. The predicted octanol–water partition coefficient (Wildman–Crippen LogP) is 2.31. The van der Waals surface area contributed by atoms with Crippen LogP contribution in [0.5, 0.6) is 0 Å². The van der Waals surface area contributed by atoms with Crippen molar-refractivity contribution in [2.24, 2.45) is 10.7 Å². The van der Waals surface area contributed by atoms with Crippen molar-refractivity contribution < 1.29 is 4.79 Å². The van der Waals surface area contributed by atoms with Gasteiger partial charge >= 0.3 is 0 Å². The second-order valence-corrected chi connectivity index (χ2v) is 7.80. The van der Waals surface area contributed by atoms with Gasteiger partial charge in [0, 0.05) is 42.7 Å². The number of halogens is 1. The number of carbonyl (C=O) groups excluding carboxylic acids is 1. The first-order chi connectivity index (χ1) is 10.4. The molecule has 0 atom stereocenters. The Morgan fingerprint density at radius 2 is 2.22 bits per heavy atom. The molecule has 0 spiro atoms. The maximum Gasteiger partial charge on any atom is 0.248 e. The topological polar surface area (TPSA) is 70.7 Å². The van der Waals surface area contributed by atoms with Gasteiger partial charge in [0.2, 0.25) is 5.91 Å². The molecular formula is C16H25IN4OS. The molecular weight excluding hydrogens is 423 g/mol. The van der Waals surface area contributed by atoms with Gasteiger partial charge in [0.25, 0.3) is 0 Å². The van der Waals surface area contributed by atoms with Gasteiger partial charge in [0.15, 0.2) is 5.96 Å². The molecule has 0 unspecified atom stereocenters.